The summed E-state index contributed by atoms with van der Waals surface area (Å²) in [5, 5.41) is 0.194. The molecule has 1 aliphatic rings. The minimum Gasteiger partial charge on any atom is -0.425 e. The second-order valence-electron chi connectivity index (χ2n) is 6.43. The number of hydrogen-bond acceptors (Lipinski definition) is 2. The van der Waals surface area contributed by atoms with Gasteiger partial charge in [-0.3, -0.25) is 4.79 Å². The second kappa shape index (κ2) is 9.81. The van der Waals surface area contributed by atoms with E-state index >= 15 is 0 Å². The maximum Gasteiger partial charge on any atom is 0.311 e. The van der Waals surface area contributed by atoms with Gasteiger partial charge >= 0.3 is 5.97 Å². The number of esters is 1. The largest absolute Gasteiger partial charge is 0.425 e. The van der Waals surface area contributed by atoms with Crippen molar-refractivity contribution in [3.8, 4) is 5.75 Å². The van der Waals surface area contributed by atoms with Crippen molar-refractivity contribution in [1.29, 1.82) is 0 Å². The van der Waals surface area contributed by atoms with Crippen LogP contribution in [0.1, 0.15) is 57.4 Å². The van der Waals surface area contributed by atoms with Gasteiger partial charge in [-0.15, -0.1) is 0 Å². The molecule has 0 fully saturated rings. The topological polar surface area (TPSA) is 26.3 Å². The van der Waals surface area contributed by atoms with Crippen molar-refractivity contribution < 1.29 is 22.7 Å². The molecule has 142 valence electrons. The number of carbonyl (C=O) groups is 1. The molecule has 26 heavy (non-hydrogen) atoms. The maximum atomic E-state index is 14.4. The first-order valence-corrected chi connectivity index (χ1v) is 9.17. The predicted molar refractivity (Wildman–Crippen MR) is 96.9 cm³/mol. The second-order valence-corrected chi connectivity index (χ2v) is 6.84. The first-order chi connectivity index (χ1) is 12.4. The van der Waals surface area contributed by atoms with Crippen molar-refractivity contribution in [3.05, 3.63) is 46.8 Å². The fourth-order valence-electron chi connectivity index (χ4n) is 3.16. The molecule has 0 aromatic heterocycles. The summed E-state index contributed by atoms with van der Waals surface area (Å²) in [5.41, 5.74) is 1.34. The van der Waals surface area contributed by atoms with Gasteiger partial charge in [0, 0.05) is 12.8 Å². The van der Waals surface area contributed by atoms with E-state index in [0.29, 0.717) is 36.0 Å². The molecule has 1 unspecified atom stereocenters. The number of carbonyl (C=O) groups excluding carboxylic acids is 1. The maximum absolute atomic E-state index is 14.4. The van der Waals surface area contributed by atoms with Gasteiger partial charge in [0.2, 0.25) is 0 Å². The molecule has 0 radical (unpaired) electrons. The Kier molecular flexibility index (Phi) is 7.76. The number of benzene rings is 1. The van der Waals surface area contributed by atoms with E-state index < -0.39 is 12.0 Å². The van der Waals surface area contributed by atoms with Crippen LogP contribution in [0.4, 0.5) is 13.2 Å². The summed E-state index contributed by atoms with van der Waals surface area (Å²) in [5.74, 6) is -0.216. The van der Waals surface area contributed by atoms with E-state index in [-0.39, 0.29) is 29.4 Å². The Morgan fingerprint density at radius 3 is 2.77 bits per heavy atom. The highest BCUT2D eigenvalue weighted by Gasteiger charge is 2.22. The van der Waals surface area contributed by atoms with E-state index in [0.717, 1.165) is 19.3 Å². The van der Waals surface area contributed by atoms with Gasteiger partial charge < -0.3 is 4.74 Å². The molecule has 0 spiro atoms. The van der Waals surface area contributed by atoms with Gasteiger partial charge in [-0.25, -0.2) is 4.39 Å². The minimum absolute atomic E-state index is 0.101. The average Bonchev–Trinajstić information content (AvgIpc) is 2.57. The lowest BCUT2D eigenvalue weighted by atomic mass is 9.83. The van der Waals surface area contributed by atoms with Gasteiger partial charge in [-0.2, -0.15) is 8.78 Å². The molecule has 0 N–H and O–H groups in total. The normalized spacial score (nSPS) is 17.2. The van der Waals surface area contributed by atoms with Crippen LogP contribution in [0.2, 0.25) is 5.02 Å². The zero-order valence-electron chi connectivity index (χ0n) is 14.7. The van der Waals surface area contributed by atoms with E-state index in [2.05, 4.69) is 6.92 Å². The first-order valence-electron chi connectivity index (χ1n) is 8.80. The predicted octanol–water partition coefficient (Wildman–Crippen LogP) is 7.09. The minimum atomic E-state index is -1.83. The lowest BCUT2D eigenvalue weighted by Crippen LogP contribution is -2.09. The van der Waals surface area contributed by atoms with Gasteiger partial charge in [0.05, 0.1) is 5.02 Å². The van der Waals surface area contributed by atoms with Gasteiger partial charge in [0.25, 0.3) is 6.08 Å². The third kappa shape index (κ3) is 5.90. The molecule has 0 amide bonds. The summed E-state index contributed by atoms with van der Waals surface area (Å²) in [6.45, 7) is 2.10. The lowest BCUT2D eigenvalue weighted by molar-refractivity contribution is -0.134. The van der Waals surface area contributed by atoms with E-state index in [1.807, 2.05) is 0 Å². The van der Waals surface area contributed by atoms with Crippen molar-refractivity contribution in [2.24, 2.45) is 5.92 Å². The van der Waals surface area contributed by atoms with Gasteiger partial charge in [0.15, 0.2) is 0 Å². The molecule has 0 heterocycles. The van der Waals surface area contributed by atoms with Crippen LogP contribution >= 0.6 is 11.6 Å². The number of hydrogen-bond donors (Lipinski definition) is 0. The number of ether oxygens (including phenoxy) is 1. The van der Waals surface area contributed by atoms with Crippen LogP contribution in [0.5, 0.6) is 5.75 Å². The van der Waals surface area contributed by atoms with Crippen LogP contribution in [0.3, 0.4) is 0 Å². The summed E-state index contributed by atoms with van der Waals surface area (Å²) in [6.07, 6.45) is 2.69. The van der Waals surface area contributed by atoms with Crippen molar-refractivity contribution in [2.45, 2.75) is 51.9 Å². The van der Waals surface area contributed by atoms with E-state index in [9.17, 15) is 18.0 Å². The Morgan fingerprint density at radius 1 is 1.38 bits per heavy atom. The molecular formula is C20H22ClF3O2. The Bertz CT molecular complexity index is 709. The van der Waals surface area contributed by atoms with Gasteiger partial charge in [-0.1, -0.05) is 37.4 Å². The SMILES string of the molecule is CCCC1CCC(c2ccc(OC(=O)CCC=C(F)F)c(Cl)c2)=C(F)C1. The molecule has 2 nitrogen and oxygen atoms in total. The van der Waals surface area contributed by atoms with E-state index in [4.69, 9.17) is 16.3 Å². The van der Waals surface area contributed by atoms with E-state index in [1.165, 1.54) is 6.07 Å². The number of allylic oxidation sites excluding steroid dienone is 3. The van der Waals surface area contributed by atoms with E-state index in [1.54, 1.807) is 12.1 Å². The fourth-order valence-corrected chi connectivity index (χ4v) is 3.38. The standard InChI is InChI=1S/C20H22ClF3O2/c1-2-4-13-7-9-15(17(22)11-13)14-8-10-18(16(21)12-14)26-20(25)6-3-5-19(23)24/h5,8,10,12-13H,2-4,6-7,9,11H2,1H3. The molecule has 1 aromatic rings. The highest BCUT2D eigenvalue weighted by atomic mass is 35.5. The Labute approximate surface area is 156 Å². The highest BCUT2D eigenvalue weighted by molar-refractivity contribution is 6.32. The molecule has 2 rings (SSSR count). The third-order valence-electron chi connectivity index (χ3n) is 4.45. The van der Waals surface area contributed by atoms with Crippen molar-refractivity contribution in [1.82, 2.24) is 0 Å². The number of halogens is 4. The summed E-state index contributed by atoms with van der Waals surface area (Å²) in [7, 11) is 0. The zero-order valence-corrected chi connectivity index (χ0v) is 15.4. The molecule has 0 bridgehead atoms. The Balaban J connectivity index is 2.04. The van der Waals surface area contributed by atoms with Crippen LogP contribution in [0.15, 0.2) is 36.2 Å². The molecule has 1 atom stereocenters. The molecular weight excluding hydrogens is 365 g/mol. The van der Waals surface area contributed by atoms with Crippen molar-refractivity contribution in [3.63, 3.8) is 0 Å². The quantitative estimate of drug-likeness (QED) is 0.369. The number of rotatable bonds is 7. The highest BCUT2D eigenvalue weighted by Crippen LogP contribution is 2.39. The van der Waals surface area contributed by atoms with Crippen LogP contribution in [-0.4, -0.2) is 5.97 Å². The third-order valence-corrected chi connectivity index (χ3v) is 4.74. The smallest absolute Gasteiger partial charge is 0.311 e. The summed E-state index contributed by atoms with van der Waals surface area (Å²) < 4.78 is 43.4. The zero-order chi connectivity index (χ0) is 19.1. The van der Waals surface area contributed by atoms with Crippen molar-refractivity contribution in [2.75, 3.05) is 0 Å². The van der Waals surface area contributed by atoms with Crippen LogP contribution < -0.4 is 4.74 Å². The van der Waals surface area contributed by atoms with Crippen molar-refractivity contribution >= 4 is 23.1 Å². The molecule has 0 saturated heterocycles. The molecule has 0 aliphatic heterocycles. The molecule has 6 heteroatoms. The monoisotopic (exact) mass is 386 g/mol. The molecule has 1 aliphatic carbocycles. The molecule has 0 saturated carbocycles. The summed E-state index contributed by atoms with van der Waals surface area (Å²) in [6, 6.07) is 4.77. The molecule has 1 aromatic carbocycles. The van der Waals surface area contributed by atoms with Crippen LogP contribution in [0.25, 0.3) is 5.57 Å². The lowest BCUT2D eigenvalue weighted by Gasteiger charge is -2.23. The summed E-state index contributed by atoms with van der Waals surface area (Å²) in [4.78, 5) is 11.7. The van der Waals surface area contributed by atoms with Crippen LogP contribution in [-0.2, 0) is 4.79 Å². The van der Waals surface area contributed by atoms with Crippen LogP contribution in [0, 0.1) is 5.92 Å². The Morgan fingerprint density at radius 2 is 2.15 bits per heavy atom. The first kappa shape index (κ1) is 20.6. The average molecular weight is 387 g/mol. The van der Waals surface area contributed by atoms with Gasteiger partial charge in [-0.05, 0) is 54.5 Å². The fraction of sp³-hybridized carbons (Fsp3) is 0.450. The summed E-state index contributed by atoms with van der Waals surface area (Å²) >= 11 is 6.15. The Hall–Kier alpha value is -1.75. The van der Waals surface area contributed by atoms with Gasteiger partial charge in [0.1, 0.15) is 11.6 Å².